The molecule has 4 aromatic heterocycles. The molecule has 1 fully saturated rings. The third kappa shape index (κ3) is 5.44. The molecule has 0 bridgehead atoms. The van der Waals surface area contributed by atoms with Crippen molar-refractivity contribution in [3.8, 4) is 6.07 Å². The highest BCUT2D eigenvalue weighted by Gasteiger charge is 2.31. The molecule has 6 rings (SSSR count). The number of benzene rings is 1. The molecule has 0 aliphatic carbocycles. The molecule has 0 amide bonds. The lowest BCUT2D eigenvalue weighted by Gasteiger charge is -2.34. The fourth-order valence-electron chi connectivity index (χ4n) is 5.54. The quantitative estimate of drug-likeness (QED) is 0.273. The maximum absolute atomic E-state index is 13.6. The summed E-state index contributed by atoms with van der Waals surface area (Å²) in [6, 6.07) is 8.17. The number of alkyl halides is 3. The van der Waals surface area contributed by atoms with E-state index in [0.29, 0.717) is 65.2 Å². The monoisotopic (exact) mass is 614 g/mol. The molecule has 0 radical (unpaired) electrons. The molecule has 2 N–H and O–H groups in total. The molecule has 1 unspecified atom stereocenters. The van der Waals surface area contributed by atoms with E-state index in [9.17, 15) is 26.9 Å². The number of anilines is 1. The van der Waals surface area contributed by atoms with Crippen molar-refractivity contribution in [1.29, 1.82) is 5.26 Å². The Morgan fingerprint density at radius 3 is 2.81 bits per heavy atom. The molecule has 1 saturated heterocycles. The highest BCUT2D eigenvalue weighted by atomic mass is 32.2. The van der Waals surface area contributed by atoms with E-state index in [1.54, 1.807) is 37.5 Å². The average Bonchev–Trinajstić information content (AvgIpc) is 3.67. The Morgan fingerprint density at radius 2 is 2.07 bits per heavy atom. The summed E-state index contributed by atoms with van der Waals surface area (Å²) < 4.78 is 70.9. The van der Waals surface area contributed by atoms with Gasteiger partial charge in [0.15, 0.2) is 0 Å². The summed E-state index contributed by atoms with van der Waals surface area (Å²) in [5.41, 5.74) is 2.55. The molecular weight excluding hydrogens is 589 g/mol. The lowest BCUT2D eigenvalue weighted by atomic mass is 10.1. The second-order valence-corrected chi connectivity index (χ2v) is 13.1. The van der Waals surface area contributed by atoms with Gasteiger partial charge in [-0.3, -0.25) is 5.10 Å². The third-order valence-corrected chi connectivity index (χ3v) is 10.1. The topological polar surface area (TPSA) is 133 Å². The zero-order valence-corrected chi connectivity index (χ0v) is 23.9. The molecule has 0 spiro atoms. The van der Waals surface area contributed by atoms with Crippen LogP contribution in [0.15, 0.2) is 47.9 Å². The summed E-state index contributed by atoms with van der Waals surface area (Å²) in [4.78, 5) is 11.1. The Balaban J connectivity index is 1.25. The second kappa shape index (κ2) is 10.7. The largest absolute Gasteiger partial charge is 0.393 e. The Kier molecular flexibility index (Phi) is 7.16. The zero-order chi connectivity index (χ0) is 29.6. The number of hydrogen-bond donors (Lipinski definition) is 2. The van der Waals surface area contributed by atoms with Gasteiger partial charge in [0.25, 0.3) is 0 Å². The van der Waals surface area contributed by atoms with E-state index in [1.807, 2.05) is 9.47 Å². The molecule has 42 heavy (non-hydrogen) atoms. The summed E-state index contributed by atoms with van der Waals surface area (Å²) in [7, 11) is -3.95. The number of H-pyrrole nitrogens is 1. The second-order valence-electron chi connectivity index (χ2n) is 10.3. The number of nitrogens with zero attached hydrogens (tertiary/aromatic N) is 6. The van der Waals surface area contributed by atoms with Crippen molar-refractivity contribution >= 4 is 48.3 Å². The predicted molar refractivity (Wildman–Crippen MR) is 152 cm³/mol. The number of sulfonamides is 1. The van der Waals surface area contributed by atoms with Gasteiger partial charge >= 0.3 is 6.18 Å². The van der Waals surface area contributed by atoms with Gasteiger partial charge in [0.2, 0.25) is 10.0 Å². The molecule has 5 aromatic rings. The normalized spacial score (nSPS) is 16.4. The van der Waals surface area contributed by atoms with Crippen LogP contribution < -0.4 is 9.62 Å². The van der Waals surface area contributed by atoms with Gasteiger partial charge < -0.3 is 9.47 Å². The van der Waals surface area contributed by atoms with Gasteiger partial charge in [-0.1, -0.05) is 0 Å². The lowest BCUT2D eigenvalue weighted by Crippen LogP contribution is -2.48. The maximum atomic E-state index is 13.6. The minimum atomic E-state index is -4.33. The first kappa shape index (κ1) is 28.1. The number of hydrogen-bond acceptors (Lipinski definition) is 8. The number of nitrogens with one attached hydrogen (secondary N) is 2. The minimum absolute atomic E-state index is 0.121. The Hall–Kier alpha value is -4.00. The number of nitriles is 1. The van der Waals surface area contributed by atoms with Gasteiger partial charge in [-0.2, -0.15) is 23.5 Å². The Labute approximate surface area is 242 Å². The van der Waals surface area contributed by atoms with Crippen LogP contribution in [0, 0.1) is 18.3 Å². The number of aromatic amines is 1. The van der Waals surface area contributed by atoms with E-state index >= 15 is 0 Å². The van der Waals surface area contributed by atoms with E-state index in [0.717, 1.165) is 22.4 Å². The summed E-state index contributed by atoms with van der Waals surface area (Å²) in [5, 5.41) is 17.6. The first-order valence-corrected chi connectivity index (χ1v) is 15.4. The number of aryl methyl sites for hydroxylation is 1. The average molecular weight is 615 g/mol. The minimum Gasteiger partial charge on any atom is -0.354 e. The number of thiophene rings is 1. The molecule has 1 aliphatic rings. The van der Waals surface area contributed by atoms with Crippen molar-refractivity contribution < 1.29 is 21.6 Å². The summed E-state index contributed by atoms with van der Waals surface area (Å²) >= 11 is 0.982. The number of halogens is 3. The van der Waals surface area contributed by atoms with Crippen LogP contribution in [0.1, 0.15) is 34.5 Å². The van der Waals surface area contributed by atoms with Gasteiger partial charge in [0.05, 0.1) is 29.4 Å². The Morgan fingerprint density at radius 1 is 1.24 bits per heavy atom. The van der Waals surface area contributed by atoms with Crippen LogP contribution in [0.25, 0.3) is 21.1 Å². The van der Waals surface area contributed by atoms with Crippen LogP contribution in [-0.2, 0) is 23.0 Å². The van der Waals surface area contributed by atoms with E-state index < -0.39 is 28.7 Å². The number of piperidine rings is 1. The van der Waals surface area contributed by atoms with Gasteiger partial charge in [-0.25, -0.2) is 23.1 Å². The highest BCUT2D eigenvalue weighted by molar-refractivity contribution is 7.89. The standard InChI is InChI=1S/C27H25F3N8O2S2/c1-16-21-7-19(10-31)38(13-17-11-34-35-12-17)23(21)4-5-24(16)42(39,40)36-18-3-2-6-37(14-18)25-22-8-20(9-27(28,29)30)41-26(22)33-15-32-25/h4-5,7-8,11-12,15,18,36H,2-3,6,9,13-14H2,1H3,(H,34,35). The molecule has 10 nitrogen and oxygen atoms in total. The van der Waals surface area contributed by atoms with Crippen LogP contribution >= 0.6 is 11.3 Å². The third-order valence-electron chi connectivity index (χ3n) is 7.38. The van der Waals surface area contributed by atoms with Gasteiger partial charge in [-0.15, -0.1) is 11.3 Å². The first-order valence-electron chi connectivity index (χ1n) is 13.1. The fraction of sp³-hybridized carbons (Fsp3) is 0.333. The maximum Gasteiger partial charge on any atom is 0.393 e. The van der Waals surface area contributed by atoms with Gasteiger partial charge in [0.1, 0.15) is 28.7 Å². The Bertz CT molecular complexity index is 1920. The van der Waals surface area contributed by atoms with Crippen LogP contribution in [0.3, 0.4) is 0 Å². The molecule has 1 aromatic carbocycles. The van der Waals surface area contributed by atoms with E-state index in [-0.39, 0.29) is 9.77 Å². The predicted octanol–water partition coefficient (Wildman–Crippen LogP) is 4.65. The highest BCUT2D eigenvalue weighted by Crippen LogP contribution is 2.35. The van der Waals surface area contributed by atoms with Crippen molar-refractivity contribution in [2.24, 2.45) is 0 Å². The molecule has 0 saturated carbocycles. The van der Waals surface area contributed by atoms with Crippen molar-refractivity contribution in [2.75, 3.05) is 18.0 Å². The van der Waals surface area contributed by atoms with Crippen LogP contribution in [0.2, 0.25) is 0 Å². The van der Waals surface area contributed by atoms with Crippen LogP contribution in [0.5, 0.6) is 0 Å². The summed E-state index contributed by atoms with van der Waals surface area (Å²) in [6.07, 6.45) is 0.619. The molecule has 1 aliphatic heterocycles. The van der Waals surface area contributed by atoms with Gasteiger partial charge in [0, 0.05) is 46.7 Å². The molecule has 218 valence electrons. The molecule has 5 heterocycles. The zero-order valence-electron chi connectivity index (χ0n) is 22.3. The first-order chi connectivity index (χ1) is 20.0. The molecular formula is C27H25F3N8O2S2. The smallest absolute Gasteiger partial charge is 0.354 e. The molecule has 1 atom stereocenters. The van der Waals surface area contributed by atoms with E-state index in [4.69, 9.17) is 0 Å². The fourth-order valence-corrected chi connectivity index (χ4v) is 8.07. The molecule has 15 heteroatoms. The van der Waals surface area contributed by atoms with Crippen molar-refractivity contribution in [3.05, 3.63) is 64.7 Å². The van der Waals surface area contributed by atoms with Gasteiger partial charge in [-0.05, 0) is 49.6 Å². The number of rotatable bonds is 7. The van der Waals surface area contributed by atoms with Crippen LogP contribution in [0.4, 0.5) is 19.0 Å². The summed E-state index contributed by atoms with van der Waals surface area (Å²) in [5.74, 6) is 0.495. The lowest BCUT2D eigenvalue weighted by molar-refractivity contribution is -0.126. The SMILES string of the molecule is Cc1c(S(=O)(=O)NC2CCCN(c3ncnc4sc(CC(F)(F)F)cc34)C2)ccc2c1cc(C#N)n2Cc1cn[nH]c1. The number of fused-ring (bicyclic) bond motifs is 2. The van der Waals surface area contributed by atoms with Crippen molar-refractivity contribution in [2.45, 2.75) is 49.8 Å². The van der Waals surface area contributed by atoms with Crippen molar-refractivity contribution in [3.63, 3.8) is 0 Å². The van der Waals surface area contributed by atoms with E-state index in [2.05, 4.69) is 31.0 Å². The van der Waals surface area contributed by atoms with E-state index in [1.165, 1.54) is 12.4 Å². The summed E-state index contributed by atoms with van der Waals surface area (Å²) in [6.45, 7) is 3.01. The van der Waals surface area contributed by atoms with Crippen molar-refractivity contribution in [1.82, 2.24) is 29.5 Å². The van der Waals surface area contributed by atoms with Crippen LogP contribution in [-0.4, -0.2) is 58.5 Å². The number of aromatic nitrogens is 5.